The zero-order valence-electron chi connectivity index (χ0n) is 10.8. The van der Waals surface area contributed by atoms with Crippen molar-refractivity contribution in [2.45, 2.75) is 13.8 Å². The third-order valence-corrected chi connectivity index (χ3v) is 5.09. The Labute approximate surface area is 124 Å². The maximum atomic E-state index is 8.94. The number of hydrogen-bond donors (Lipinski definition) is 0. The highest BCUT2D eigenvalue weighted by atomic mass is 32.1. The molecule has 0 saturated carbocycles. The fourth-order valence-electron chi connectivity index (χ4n) is 2.30. The van der Waals surface area contributed by atoms with Crippen molar-refractivity contribution >= 4 is 34.1 Å². The Hall–Kier alpha value is -2.28. The van der Waals surface area contributed by atoms with Crippen LogP contribution in [0.5, 0.6) is 0 Å². The van der Waals surface area contributed by atoms with Crippen molar-refractivity contribution in [3.05, 3.63) is 42.8 Å². The lowest BCUT2D eigenvalue weighted by atomic mass is 9.94. The molecular weight excluding hydrogens is 288 g/mol. The van der Waals surface area contributed by atoms with E-state index in [1.165, 1.54) is 0 Å². The molecule has 0 aromatic carbocycles. The monoisotopic (exact) mass is 296 g/mol. The molecule has 3 rings (SSSR count). The van der Waals surface area contributed by atoms with Crippen LogP contribution in [0.3, 0.4) is 0 Å². The molecule has 1 aliphatic rings. The summed E-state index contributed by atoms with van der Waals surface area (Å²) >= 11 is 3.15. The zero-order chi connectivity index (χ0) is 14.3. The predicted octanol–water partition coefficient (Wildman–Crippen LogP) is 3.38. The van der Waals surface area contributed by atoms with Crippen molar-refractivity contribution in [2.24, 2.45) is 9.98 Å². The van der Waals surface area contributed by atoms with Gasteiger partial charge < -0.3 is 0 Å². The quantitative estimate of drug-likeness (QED) is 0.596. The highest BCUT2D eigenvalue weighted by molar-refractivity contribution is 7.17. The van der Waals surface area contributed by atoms with E-state index in [2.05, 4.69) is 9.98 Å². The first-order valence-corrected chi connectivity index (χ1v) is 7.45. The summed E-state index contributed by atoms with van der Waals surface area (Å²) in [5, 5.41) is 17.9. The SMILES string of the molecule is Cc1cc2c(s1)C(=NC#N)c1cc(C)sc1C2=NC#N. The molecule has 1 aliphatic carbocycles. The summed E-state index contributed by atoms with van der Waals surface area (Å²) in [6.45, 7) is 3.99. The molecule has 0 radical (unpaired) electrons. The highest BCUT2D eigenvalue weighted by Gasteiger charge is 2.30. The Morgan fingerprint density at radius 1 is 0.850 bits per heavy atom. The second-order valence-electron chi connectivity index (χ2n) is 4.32. The molecule has 0 fully saturated rings. The second kappa shape index (κ2) is 4.68. The molecular formula is C14H8N4S2. The van der Waals surface area contributed by atoms with E-state index >= 15 is 0 Å². The topological polar surface area (TPSA) is 72.3 Å². The summed E-state index contributed by atoms with van der Waals surface area (Å²) in [5.41, 5.74) is 3.18. The van der Waals surface area contributed by atoms with Crippen molar-refractivity contribution in [1.29, 1.82) is 10.5 Å². The normalized spacial score (nSPS) is 16.6. The van der Waals surface area contributed by atoms with Gasteiger partial charge in [0, 0.05) is 20.9 Å². The Kier molecular flexibility index (Phi) is 2.98. The van der Waals surface area contributed by atoms with E-state index in [1.54, 1.807) is 22.7 Å². The summed E-state index contributed by atoms with van der Waals surface area (Å²) in [7, 11) is 0. The molecule has 20 heavy (non-hydrogen) atoms. The minimum atomic E-state index is 0.692. The van der Waals surface area contributed by atoms with Crippen molar-refractivity contribution in [2.75, 3.05) is 0 Å². The van der Waals surface area contributed by atoms with Gasteiger partial charge in [0.1, 0.15) is 11.4 Å². The molecule has 0 spiro atoms. The van der Waals surface area contributed by atoms with Gasteiger partial charge in [-0.15, -0.1) is 22.7 Å². The van der Waals surface area contributed by atoms with Gasteiger partial charge in [-0.2, -0.15) is 20.5 Å². The van der Waals surface area contributed by atoms with E-state index < -0.39 is 0 Å². The predicted molar refractivity (Wildman–Crippen MR) is 80.6 cm³/mol. The van der Waals surface area contributed by atoms with Crippen LogP contribution in [-0.4, -0.2) is 11.4 Å². The molecule has 4 nitrogen and oxygen atoms in total. The summed E-state index contributed by atoms with van der Waals surface area (Å²) in [5.74, 6) is 0. The van der Waals surface area contributed by atoms with Crippen molar-refractivity contribution in [3.63, 3.8) is 0 Å². The highest BCUT2D eigenvalue weighted by Crippen LogP contribution is 2.37. The molecule has 0 aliphatic heterocycles. The van der Waals surface area contributed by atoms with Crippen LogP contribution >= 0.6 is 22.7 Å². The minimum Gasteiger partial charge on any atom is -0.172 e. The van der Waals surface area contributed by atoms with Crippen LogP contribution < -0.4 is 0 Å². The Balaban J connectivity index is 2.40. The van der Waals surface area contributed by atoms with Crippen LogP contribution in [0.25, 0.3) is 0 Å². The molecule has 2 aromatic rings. The van der Waals surface area contributed by atoms with E-state index in [0.29, 0.717) is 11.4 Å². The third kappa shape index (κ3) is 1.78. The maximum absolute atomic E-state index is 8.94. The number of hydrogen-bond acceptors (Lipinski definition) is 6. The number of aliphatic imine (C=N–C) groups is 2. The average Bonchev–Trinajstić information content (AvgIpc) is 2.96. The van der Waals surface area contributed by atoms with E-state index in [4.69, 9.17) is 10.5 Å². The summed E-state index contributed by atoms with van der Waals surface area (Å²) < 4.78 is 0. The summed E-state index contributed by atoms with van der Waals surface area (Å²) in [4.78, 5) is 12.0. The number of rotatable bonds is 0. The van der Waals surface area contributed by atoms with Gasteiger partial charge in [-0.3, -0.25) is 0 Å². The van der Waals surface area contributed by atoms with Crippen LogP contribution in [0, 0.1) is 36.8 Å². The number of aryl methyl sites for hydroxylation is 2. The standard InChI is InChI=1S/C14H8N4S2/c1-7-3-9-11(17-5-15)14-10(4-8(2)20-14)12(18-6-16)13(9)19-7/h3-4H,1-2H3. The van der Waals surface area contributed by atoms with Crippen molar-refractivity contribution in [3.8, 4) is 12.4 Å². The lowest BCUT2D eigenvalue weighted by Crippen LogP contribution is -2.17. The fraction of sp³-hybridized carbons (Fsp3) is 0.143. The van der Waals surface area contributed by atoms with Gasteiger partial charge in [-0.25, -0.2) is 0 Å². The number of nitrogens with zero attached hydrogens (tertiary/aromatic N) is 4. The first kappa shape index (κ1) is 12.7. The smallest absolute Gasteiger partial charge is 0.172 e. The van der Waals surface area contributed by atoms with Crippen molar-refractivity contribution in [1.82, 2.24) is 0 Å². The largest absolute Gasteiger partial charge is 0.206 e. The van der Waals surface area contributed by atoms with Crippen LogP contribution in [0.4, 0.5) is 0 Å². The molecule has 0 unspecified atom stereocenters. The molecule has 0 atom stereocenters. The van der Waals surface area contributed by atoms with Gasteiger partial charge >= 0.3 is 0 Å². The molecule has 6 heteroatoms. The summed E-state index contributed by atoms with van der Waals surface area (Å²) in [6, 6.07) is 4.00. The lowest BCUT2D eigenvalue weighted by molar-refractivity contribution is 1.41. The first-order valence-electron chi connectivity index (χ1n) is 5.81. The Morgan fingerprint density at radius 2 is 1.25 bits per heavy atom. The zero-order valence-corrected chi connectivity index (χ0v) is 12.4. The first-order chi connectivity index (χ1) is 9.65. The maximum Gasteiger partial charge on any atom is 0.206 e. The van der Waals surface area contributed by atoms with Gasteiger partial charge in [0.25, 0.3) is 0 Å². The van der Waals surface area contributed by atoms with E-state index in [-0.39, 0.29) is 0 Å². The molecule has 0 amide bonds. The van der Waals surface area contributed by atoms with Crippen LogP contribution in [0.15, 0.2) is 22.1 Å². The Bertz CT molecular complexity index is 734. The number of fused-ring (bicyclic) bond motifs is 2. The van der Waals surface area contributed by atoms with Gasteiger partial charge in [0.05, 0.1) is 9.75 Å². The fourth-order valence-corrected chi connectivity index (χ4v) is 4.33. The van der Waals surface area contributed by atoms with E-state index in [0.717, 1.165) is 30.6 Å². The van der Waals surface area contributed by atoms with Crippen LogP contribution in [0.1, 0.15) is 30.6 Å². The number of nitriles is 2. The summed E-state index contributed by atoms with van der Waals surface area (Å²) in [6.07, 6.45) is 3.76. The van der Waals surface area contributed by atoms with Gasteiger partial charge in [0.15, 0.2) is 0 Å². The lowest BCUT2D eigenvalue weighted by Gasteiger charge is -2.14. The minimum absolute atomic E-state index is 0.692. The van der Waals surface area contributed by atoms with Gasteiger partial charge in [-0.05, 0) is 26.0 Å². The number of thiophene rings is 2. The molecule has 0 N–H and O–H groups in total. The van der Waals surface area contributed by atoms with Gasteiger partial charge in [-0.1, -0.05) is 0 Å². The molecule has 96 valence electrons. The van der Waals surface area contributed by atoms with Crippen molar-refractivity contribution < 1.29 is 0 Å². The second-order valence-corrected chi connectivity index (χ2v) is 6.83. The molecule has 2 aromatic heterocycles. The molecule has 2 heterocycles. The average molecular weight is 296 g/mol. The van der Waals surface area contributed by atoms with Gasteiger partial charge in [0.2, 0.25) is 12.4 Å². The van der Waals surface area contributed by atoms with Crippen LogP contribution in [-0.2, 0) is 0 Å². The molecule has 0 bridgehead atoms. The Morgan fingerprint density at radius 3 is 1.60 bits per heavy atom. The van der Waals surface area contributed by atoms with Crippen LogP contribution in [0.2, 0.25) is 0 Å². The molecule has 0 saturated heterocycles. The third-order valence-electron chi connectivity index (χ3n) is 2.97. The van der Waals surface area contributed by atoms with E-state index in [9.17, 15) is 0 Å². The van der Waals surface area contributed by atoms with E-state index in [1.807, 2.05) is 38.4 Å².